The lowest BCUT2D eigenvalue weighted by Gasteiger charge is -2.08. The summed E-state index contributed by atoms with van der Waals surface area (Å²) in [4.78, 5) is 32.2. The van der Waals surface area contributed by atoms with E-state index in [1.807, 2.05) is 0 Å². The number of hydrogen-bond acceptors (Lipinski definition) is 6. The standard InChI is InChI=1S/C12H10ClN5O5/c1-7-11(18(22)23)5-14-16(7)6-12(19)15-10-4-8(17(20)21)2-3-9(10)13/h2-5H,6H2,1H3,(H,15,19). The van der Waals surface area contributed by atoms with Crippen LogP contribution >= 0.6 is 11.6 Å². The molecule has 0 bridgehead atoms. The lowest BCUT2D eigenvalue weighted by Crippen LogP contribution is -2.20. The lowest BCUT2D eigenvalue weighted by atomic mass is 10.2. The van der Waals surface area contributed by atoms with E-state index in [1.165, 1.54) is 19.1 Å². The number of carbonyl (C=O) groups excluding carboxylic acids is 1. The molecule has 120 valence electrons. The fraction of sp³-hybridized carbons (Fsp3) is 0.167. The zero-order valence-electron chi connectivity index (χ0n) is 11.7. The number of hydrogen-bond donors (Lipinski definition) is 1. The van der Waals surface area contributed by atoms with Crippen molar-refractivity contribution in [2.45, 2.75) is 13.5 Å². The SMILES string of the molecule is Cc1c([N+](=O)[O-])cnn1CC(=O)Nc1cc([N+](=O)[O-])ccc1Cl. The van der Waals surface area contributed by atoms with Crippen molar-refractivity contribution in [3.05, 3.63) is 55.3 Å². The van der Waals surface area contributed by atoms with E-state index in [0.717, 1.165) is 16.9 Å². The molecular weight excluding hydrogens is 330 g/mol. The zero-order valence-corrected chi connectivity index (χ0v) is 12.5. The first-order chi connectivity index (χ1) is 10.8. The number of rotatable bonds is 5. The first-order valence-corrected chi connectivity index (χ1v) is 6.58. The number of benzene rings is 1. The van der Waals surface area contributed by atoms with Crippen molar-refractivity contribution in [3.8, 4) is 0 Å². The molecule has 0 saturated heterocycles. The van der Waals surface area contributed by atoms with Crippen molar-refractivity contribution in [2.75, 3.05) is 5.32 Å². The van der Waals surface area contributed by atoms with Crippen molar-refractivity contribution in [1.29, 1.82) is 0 Å². The molecule has 2 aromatic rings. The summed E-state index contributed by atoms with van der Waals surface area (Å²) >= 11 is 5.88. The Morgan fingerprint density at radius 2 is 2.04 bits per heavy atom. The highest BCUT2D eigenvalue weighted by Gasteiger charge is 2.18. The van der Waals surface area contributed by atoms with E-state index in [1.54, 1.807) is 0 Å². The van der Waals surface area contributed by atoms with E-state index < -0.39 is 15.8 Å². The van der Waals surface area contributed by atoms with Crippen molar-refractivity contribution in [3.63, 3.8) is 0 Å². The van der Waals surface area contributed by atoms with Crippen molar-refractivity contribution < 1.29 is 14.6 Å². The van der Waals surface area contributed by atoms with Gasteiger partial charge in [0, 0.05) is 12.1 Å². The van der Waals surface area contributed by atoms with Crippen LogP contribution in [0.3, 0.4) is 0 Å². The van der Waals surface area contributed by atoms with Gasteiger partial charge in [0.25, 0.3) is 5.69 Å². The number of carbonyl (C=O) groups is 1. The number of nitro benzene ring substituents is 1. The maximum absolute atomic E-state index is 12.0. The number of amides is 1. The van der Waals surface area contributed by atoms with Gasteiger partial charge in [-0.15, -0.1) is 0 Å². The molecule has 1 aromatic heterocycles. The van der Waals surface area contributed by atoms with Crippen molar-refractivity contribution in [2.24, 2.45) is 0 Å². The molecule has 1 aromatic carbocycles. The maximum atomic E-state index is 12.0. The predicted octanol–water partition coefficient (Wildman–Crippen LogP) is 2.30. The zero-order chi connectivity index (χ0) is 17.1. The van der Waals surface area contributed by atoms with E-state index in [0.29, 0.717) is 0 Å². The van der Waals surface area contributed by atoms with Gasteiger partial charge in [-0.3, -0.25) is 29.7 Å². The van der Waals surface area contributed by atoms with Crippen LogP contribution in [0.4, 0.5) is 17.1 Å². The number of nitrogens with zero attached hydrogens (tertiary/aromatic N) is 4. The highest BCUT2D eigenvalue weighted by molar-refractivity contribution is 6.33. The summed E-state index contributed by atoms with van der Waals surface area (Å²) in [6.45, 7) is 1.16. The molecule has 0 atom stereocenters. The Labute approximate surface area is 134 Å². The van der Waals surface area contributed by atoms with Crippen molar-refractivity contribution >= 4 is 34.6 Å². The van der Waals surface area contributed by atoms with Gasteiger partial charge < -0.3 is 5.32 Å². The normalized spacial score (nSPS) is 10.3. The van der Waals surface area contributed by atoms with Gasteiger partial charge in [0.2, 0.25) is 5.91 Å². The molecule has 1 amide bonds. The van der Waals surface area contributed by atoms with Crippen LogP contribution in [0.5, 0.6) is 0 Å². The van der Waals surface area contributed by atoms with Crippen molar-refractivity contribution in [1.82, 2.24) is 9.78 Å². The van der Waals surface area contributed by atoms with Crippen LogP contribution in [0.15, 0.2) is 24.4 Å². The highest BCUT2D eigenvalue weighted by Crippen LogP contribution is 2.26. The quantitative estimate of drug-likeness (QED) is 0.656. The number of nitrogens with one attached hydrogen (secondary N) is 1. The summed E-state index contributed by atoms with van der Waals surface area (Å²) in [5.41, 5.74) is -0.137. The summed E-state index contributed by atoms with van der Waals surface area (Å²) in [7, 11) is 0. The van der Waals surface area contributed by atoms with Crippen LogP contribution in [0.25, 0.3) is 0 Å². The molecule has 11 heteroatoms. The third-order valence-corrected chi connectivity index (χ3v) is 3.33. The number of aromatic nitrogens is 2. The third kappa shape index (κ3) is 3.61. The molecule has 0 unspecified atom stereocenters. The van der Waals surface area contributed by atoms with Gasteiger partial charge in [0.05, 0.1) is 20.6 Å². The molecule has 0 aliphatic rings. The Hall–Kier alpha value is -3.01. The molecule has 0 saturated carbocycles. The fourth-order valence-electron chi connectivity index (χ4n) is 1.82. The molecular formula is C12H10ClN5O5. The van der Waals surface area contributed by atoms with Gasteiger partial charge >= 0.3 is 5.69 Å². The summed E-state index contributed by atoms with van der Waals surface area (Å²) in [6, 6.07) is 3.62. The molecule has 0 radical (unpaired) electrons. The molecule has 0 spiro atoms. The largest absolute Gasteiger partial charge is 0.323 e. The Kier molecular flexibility index (Phi) is 4.55. The fourth-order valence-corrected chi connectivity index (χ4v) is 1.99. The topological polar surface area (TPSA) is 133 Å². The number of halogens is 1. The first-order valence-electron chi connectivity index (χ1n) is 6.20. The van der Waals surface area contributed by atoms with Gasteiger partial charge in [0.15, 0.2) is 0 Å². The molecule has 1 N–H and O–H groups in total. The first kappa shape index (κ1) is 16.4. The van der Waals surface area contributed by atoms with Crippen LogP contribution in [-0.4, -0.2) is 25.5 Å². The van der Waals surface area contributed by atoms with E-state index in [9.17, 15) is 25.0 Å². The van der Waals surface area contributed by atoms with Gasteiger partial charge in [-0.1, -0.05) is 11.6 Å². The Balaban J connectivity index is 2.15. The molecule has 1 heterocycles. The minimum Gasteiger partial charge on any atom is -0.323 e. The summed E-state index contributed by atoms with van der Waals surface area (Å²) in [6.07, 6.45) is 1.04. The van der Waals surface area contributed by atoms with Crippen LogP contribution in [0, 0.1) is 27.2 Å². The Bertz CT molecular complexity index is 803. The van der Waals surface area contributed by atoms with Gasteiger partial charge in [-0.05, 0) is 13.0 Å². The van der Waals surface area contributed by atoms with Gasteiger partial charge in [-0.2, -0.15) is 5.10 Å². The third-order valence-electron chi connectivity index (χ3n) is 3.00. The molecule has 0 fully saturated rings. The number of non-ortho nitro benzene ring substituents is 1. The van der Waals surface area contributed by atoms with E-state index in [-0.39, 0.29) is 34.3 Å². The lowest BCUT2D eigenvalue weighted by molar-refractivity contribution is -0.385. The van der Waals surface area contributed by atoms with E-state index in [2.05, 4.69) is 10.4 Å². The number of anilines is 1. The molecule has 0 aliphatic carbocycles. The molecule has 23 heavy (non-hydrogen) atoms. The Morgan fingerprint density at radius 1 is 1.35 bits per heavy atom. The van der Waals surface area contributed by atoms with Crippen LogP contribution in [-0.2, 0) is 11.3 Å². The Morgan fingerprint density at radius 3 is 2.61 bits per heavy atom. The second-order valence-electron chi connectivity index (χ2n) is 4.50. The molecule has 0 aliphatic heterocycles. The molecule has 10 nitrogen and oxygen atoms in total. The van der Waals surface area contributed by atoms with Crippen LogP contribution in [0.2, 0.25) is 5.02 Å². The van der Waals surface area contributed by atoms with Crippen LogP contribution in [0.1, 0.15) is 5.69 Å². The van der Waals surface area contributed by atoms with Crippen LogP contribution < -0.4 is 5.32 Å². The second-order valence-corrected chi connectivity index (χ2v) is 4.91. The number of nitro groups is 2. The average molecular weight is 340 g/mol. The van der Waals surface area contributed by atoms with Gasteiger partial charge in [-0.25, -0.2) is 0 Å². The monoisotopic (exact) mass is 339 g/mol. The second kappa shape index (κ2) is 6.40. The van der Waals surface area contributed by atoms with Gasteiger partial charge in [0.1, 0.15) is 18.4 Å². The summed E-state index contributed by atoms with van der Waals surface area (Å²) in [5.74, 6) is -0.575. The van der Waals surface area contributed by atoms with E-state index in [4.69, 9.17) is 11.6 Å². The minimum absolute atomic E-state index is 0.0742. The van der Waals surface area contributed by atoms with E-state index >= 15 is 0 Å². The predicted molar refractivity (Wildman–Crippen MR) is 80.4 cm³/mol. The summed E-state index contributed by atoms with van der Waals surface area (Å²) in [5, 5.41) is 27.8. The highest BCUT2D eigenvalue weighted by atomic mass is 35.5. The minimum atomic E-state index is -0.618. The average Bonchev–Trinajstić information content (AvgIpc) is 2.82. The molecule has 2 rings (SSSR count). The smallest absolute Gasteiger partial charge is 0.309 e. The summed E-state index contributed by atoms with van der Waals surface area (Å²) < 4.78 is 1.15. The maximum Gasteiger partial charge on any atom is 0.309 e.